The monoisotopic (exact) mass is 305 g/mol. The van der Waals surface area contributed by atoms with E-state index >= 15 is 0 Å². The summed E-state index contributed by atoms with van der Waals surface area (Å²) in [6.45, 7) is 2.47. The fourth-order valence-electron chi connectivity index (χ4n) is 1.82. The maximum atomic E-state index is 12.0. The highest BCUT2D eigenvalue weighted by Gasteiger charge is 2.12. The summed E-state index contributed by atoms with van der Waals surface area (Å²) >= 11 is 1.70. The van der Waals surface area contributed by atoms with E-state index in [0.717, 1.165) is 12.1 Å². The van der Waals surface area contributed by atoms with Crippen molar-refractivity contribution in [2.45, 2.75) is 19.4 Å². The molecule has 0 radical (unpaired) electrons. The Bertz CT molecular complexity index is 555. The number of ether oxygens (including phenoxy) is 1. The topological polar surface area (TPSA) is 63.2 Å². The van der Waals surface area contributed by atoms with Crippen molar-refractivity contribution < 1.29 is 9.53 Å². The average molecular weight is 305 g/mol. The van der Waals surface area contributed by atoms with E-state index in [0.29, 0.717) is 12.4 Å². The van der Waals surface area contributed by atoms with Crippen LogP contribution >= 0.6 is 11.3 Å². The van der Waals surface area contributed by atoms with Gasteiger partial charge in [0, 0.05) is 17.5 Å². The minimum Gasteiger partial charge on any atom is -0.481 e. The van der Waals surface area contributed by atoms with Crippen molar-refractivity contribution in [1.82, 2.24) is 10.3 Å². The zero-order valence-electron chi connectivity index (χ0n) is 12.1. The number of aromatic nitrogens is 1. The van der Waals surface area contributed by atoms with Gasteiger partial charge in [-0.1, -0.05) is 6.07 Å². The standard InChI is InChI=1S/C15H19N3O2S/c1-11(18-12-5-6-14(20-2)17-10-12)15(19)16-8-7-13-4-3-9-21-13/h3-6,9-11,18H,7-8H2,1-2H3,(H,16,19). The first-order valence-electron chi connectivity index (χ1n) is 6.75. The Hall–Kier alpha value is -2.08. The lowest BCUT2D eigenvalue weighted by atomic mass is 10.2. The van der Waals surface area contributed by atoms with Gasteiger partial charge in [-0.25, -0.2) is 4.98 Å². The summed E-state index contributed by atoms with van der Waals surface area (Å²) in [4.78, 5) is 17.3. The minimum atomic E-state index is -0.316. The lowest BCUT2D eigenvalue weighted by molar-refractivity contribution is -0.121. The molecule has 0 spiro atoms. The summed E-state index contributed by atoms with van der Waals surface area (Å²) in [5, 5.41) is 8.07. The maximum absolute atomic E-state index is 12.0. The Morgan fingerprint density at radius 3 is 2.90 bits per heavy atom. The van der Waals surface area contributed by atoms with Crippen LogP contribution in [0.15, 0.2) is 35.8 Å². The second-order valence-corrected chi connectivity index (χ2v) is 5.61. The van der Waals surface area contributed by atoms with Crippen LogP contribution in [0.4, 0.5) is 5.69 Å². The molecule has 6 heteroatoms. The Labute approximate surface area is 128 Å². The first kappa shape index (κ1) is 15.3. The van der Waals surface area contributed by atoms with Gasteiger partial charge in [0.25, 0.3) is 0 Å². The van der Waals surface area contributed by atoms with Crippen LogP contribution in [-0.2, 0) is 11.2 Å². The Kier molecular flexibility index (Phi) is 5.57. The van der Waals surface area contributed by atoms with Crippen LogP contribution in [0.1, 0.15) is 11.8 Å². The molecule has 2 aromatic heterocycles. The van der Waals surface area contributed by atoms with Gasteiger partial charge < -0.3 is 15.4 Å². The molecule has 0 aliphatic rings. The van der Waals surface area contributed by atoms with E-state index in [2.05, 4.69) is 21.7 Å². The lowest BCUT2D eigenvalue weighted by Crippen LogP contribution is -2.38. The van der Waals surface area contributed by atoms with Gasteiger partial charge in [0.05, 0.1) is 19.0 Å². The van der Waals surface area contributed by atoms with E-state index in [1.807, 2.05) is 24.4 Å². The second-order valence-electron chi connectivity index (χ2n) is 4.58. The number of pyridine rings is 1. The summed E-state index contributed by atoms with van der Waals surface area (Å²) in [7, 11) is 1.57. The van der Waals surface area contributed by atoms with Crippen molar-refractivity contribution in [3.63, 3.8) is 0 Å². The number of rotatable bonds is 7. The highest BCUT2D eigenvalue weighted by molar-refractivity contribution is 7.09. The molecule has 5 nitrogen and oxygen atoms in total. The Morgan fingerprint density at radius 1 is 1.43 bits per heavy atom. The van der Waals surface area contributed by atoms with Crippen molar-refractivity contribution in [3.8, 4) is 5.88 Å². The number of anilines is 1. The van der Waals surface area contributed by atoms with Crippen LogP contribution in [0.5, 0.6) is 5.88 Å². The van der Waals surface area contributed by atoms with Crippen LogP contribution in [-0.4, -0.2) is 30.6 Å². The number of hydrogen-bond acceptors (Lipinski definition) is 5. The van der Waals surface area contributed by atoms with Crippen LogP contribution in [0, 0.1) is 0 Å². The molecule has 1 unspecified atom stereocenters. The molecule has 1 amide bonds. The summed E-state index contributed by atoms with van der Waals surface area (Å²) in [5.74, 6) is 0.524. The van der Waals surface area contributed by atoms with Gasteiger partial charge in [-0.15, -0.1) is 11.3 Å². The number of amides is 1. The average Bonchev–Trinajstić information content (AvgIpc) is 3.01. The van der Waals surface area contributed by atoms with Gasteiger partial charge in [0.1, 0.15) is 6.04 Å². The van der Waals surface area contributed by atoms with Gasteiger partial charge in [-0.3, -0.25) is 4.79 Å². The zero-order valence-corrected chi connectivity index (χ0v) is 12.9. The molecular weight excluding hydrogens is 286 g/mol. The maximum Gasteiger partial charge on any atom is 0.242 e. The van der Waals surface area contributed by atoms with Crippen molar-refractivity contribution >= 4 is 22.9 Å². The molecule has 0 aliphatic heterocycles. The summed E-state index contributed by atoms with van der Waals surface area (Å²) in [6, 6.07) is 7.36. The minimum absolute atomic E-state index is 0.0256. The quantitative estimate of drug-likeness (QED) is 0.824. The van der Waals surface area contributed by atoms with Crippen LogP contribution in [0.3, 0.4) is 0 Å². The highest BCUT2D eigenvalue weighted by atomic mass is 32.1. The molecule has 2 rings (SSSR count). The zero-order chi connectivity index (χ0) is 15.1. The number of nitrogens with one attached hydrogen (secondary N) is 2. The molecular formula is C15H19N3O2S. The van der Waals surface area contributed by atoms with Crippen LogP contribution < -0.4 is 15.4 Å². The fourth-order valence-corrected chi connectivity index (χ4v) is 2.53. The lowest BCUT2D eigenvalue weighted by Gasteiger charge is -2.15. The van der Waals surface area contributed by atoms with Crippen LogP contribution in [0.25, 0.3) is 0 Å². The van der Waals surface area contributed by atoms with Crippen molar-refractivity contribution in [1.29, 1.82) is 0 Å². The Morgan fingerprint density at radius 2 is 2.29 bits per heavy atom. The third-order valence-corrected chi connectivity index (χ3v) is 3.91. The third kappa shape index (κ3) is 4.75. The van der Waals surface area contributed by atoms with E-state index in [4.69, 9.17) is 4.74 Å². The SMILES string of the molecule is COc1ccc(NC(C)C(=O)NCCc2cccs2)cn1. The second kappa shape index (κ2) is 7.64. The van der Waals surface area contributed by atoms with Crippen LogP contribution in [0.2, 0.25) is 0 Å². The van der Waals surface area contributed by atoms with Crippen molar-refractivity contribution in [3.05, 3.63) is 40.7 Å². The molecule has 0 fully saturated rings. The number of methoxy groups -OCH3 is 1. The molecule has 0 aliphatic carbocycles. The molecule has 0 bridgehead atoms. The van der Waals surface area contributed by atoms with Crippen molar-refractivity contribution in [2.75, 3.05) is 19.0 Å². The first-order chi connectivity index (χ1) is 10.2. The summed E-state index contributed by atoms with van der Waals surface area (Å²) < 4.78 is 4.99. The fraction of sp³-hybridized carbons (Fsp3) is 0.333. The largest absolute Gasteiger partial charge is 0.481 e. The molecule has 0 aromatic carbocycles. The smallest absolute Gasteiger partial charge is 0.242 e. The number of nitrogens with zero attached hydrogens (tertiary/aromatic N) is 1. The summed E-state index contributed by atoms with van der Waals surface area (Å²) in [6.07, 6.45) is 2.51. The predicted molar refractivity (Wildman–Crippen MR) is 84.9 cm³/mol. The highest BCUT2D eigenvalue weighted by Crippen LogP contribution is 2.12. The molecule has 2 N–H and O–H groups in total. The van der Waals surface area contributed by atoms with Gasteiger partial charge >= 0.3 is 0 Å². The van der Waals surface area contributed by atoms with E-state index in [9.17, 15) is 4.79 Å². The number of thiophene rings is 1. The normalized spacial score (nSPS) is 11.7. The molecule has 1 atom stereocenters. The number of carbonyl (C=O) groups excluding carboxylic acids is 1. The molecule has 2 heterocycles. The molecule has 0 saturated carbocycles. The van der Waals surface area contributed by atoms with E-state index in [1.165, 1.54) is 4.88 Å². The summed E-state index contributed by atoms with van der Waals surface area (Å²) in [5.41, 5.74) is 0.789. The molecule has 0 saturated heterocycles. The van der Waals surface area contributed by atoms with Crippen molar-refractivity contribution in [2.24, 2.45) is 0 Å². The van der Waals surface area contributed by atoms with E-state index < -0.39 is 0 Å². The molecule has 2 aromatic rings. The molecule has 21 heavy (non-hydrogen) atoms. The van der Waals surface area contributed by atoms with Gasteiger partial charge in [-0.05, 0) is 30.9 Å². The third-order valence-electron chi connectivity index (χ3n) is 2.97. The first-order valence-corrected chi connectivity index (χ1v) is 7.63. The van der Waals surface area contributed by atoms with E-state index in [-0.39, 0.29) is 11.9 Å². The predicted octanol–water partition coefficient (Wildman–Crippen LogP) is 2.31. The Balaban J connectivity index is 1.76. The molecule has 112 valence electrons. The van der Waals surface area contributed by atoms with Gasteiger partial charge in [0.2, 0.25) is 11.8 Å². The number of carbonyl (C=O) groups is 1. The van der Waals surface area contributed by atoms with Gasteiger partial charge in [0.15, 0.2) is 0 Å². The number of hydrogen-bond donors (Lipinski definition) is 2. The van der Waals surface area contributed by atoms with Gasteiger partial charge in [-0.2, -0.15) is 0 Å². The van der Waals surface area contributed by atoms with E-state index in [1.54, 1.807) is 30.7 Å².